The number of carbonyl (C=O) groups excluding carboxylic acids is 1. The molecule has 36 heavy (non-hydrogen) atoms. The van der Waals surface area contributed by atoms with Crippen LogP contribution < -0.4 is 4.74 Å². The second-order valence-electron chi connectivity index (χ2n) is 10.4. The van der Waals surface area contributed by atoms with Crippen molar-refractivity contribution in [3.05, 3.63) is 46.7 Å². The van der Waals surface area contributed by atoms with Crippen molar-refractivity contribution in [2.45, 2.75) is 97.1 Å². The van der Waals surface area contributed by atoms with Gasteiger partial charge in [-0.3, -0.25) is 4.79 Å². The van der Waals surface area contributed by atoms with Gasteiger partial charge in [-0.2, -0.15) is 0 Å². The van der Waals surface area contributed by atoms with Gasteiger partial charge in [-0.1, -0.05) is 32.3 Å². The smallest absolute Gasteiger partial charge is 0.410 e. The number of aromatic nitrogens is 1. The largest absolute Gasteiger partial charge is 0.493 e. The van der Waals surface area contributed by atoms with E-state index in [2.05, 4.69) is 6.92 Å². The maximum Gasteiger partial charge on any atom is 0.410 e. The zero-order chi connectivity index (χ0) is 26.3. The summed E-state index contributed by atoms with van der Waals surface area (Å²) in [6, 6.07) is 5.59. The van der Waals surface area contributed by atoms with Crippen LogP contribution in [0.1, 0.15) is 87.8 Å². The molecular formula is C28H40N2O6. The van der Waals surface area contributed by atoms with Gasteiger partial charge in [-0.25, -0.2) is 9.78 Å². The number of nitrogens with zero attached hydrogens (tertiary/aromatic N) is 2. The molecule has 1 aliphatic rings. The molecule has 198 valence electrons. The number of amides is 1. The third-order valence-corrected chi connectivity index (χ3v) is 6.82. The lowest BCUT2D eigenvalue weighted by molar-refractivity contribution is -0.136. The Kier molecular flexibility index (Phi) is 9.40. The topological polar surface area (TPSA) is 102 Å². The summed E-state index contributed by atoms with van der Waals surface area (Å²) in [5.41, 5.74) is 2.64. The lowest BCUT2D eigenvalue weighted by atomic mass is 9.76. The number of benzene rings is 1. The van der Waals surface area contributed by atoms with E-state index in [1.54, 1.807) is 20.9 Å². The Bertz CT molecular complexity index is 1040. The van der Waals surface area contributed by atoms with E-state index in [-0.39, 0.29) is 17.9 Å². The summed E-state index contributed by atoms with van der Waals surface area (Å²) >= 11 is 0. The molecule has 8 heteroatoms. The molecule has 1 aromatic heterocycles. The van der Waals surface area contributed by atoms with Gasteiger partial charge in [-0.15, -0.1) is 0 Å². The lowest BCUT2D eigenvalue weighted by Crippen LogP contribution is -2.29. The maximum absolute atomic E-state index is 12.3. The van der Waals surface area contributed by atoms with Crippen LogP contribution in [0.2, 0.25) is 0 Å². The molecule has 0 saturated heterocycles. The van der Waals surface area contributed by atoms with Gasteiger partial charge < -0.3 is 23.9 Å². The summed E-state index contributed by atoms with van der Waals surface area (Å²) in [5, 5.41) is 9.11. The van der Waals surface area contributed by atoms with Crippen LogP contribution in [0.3, 0.4) is 0 Å². The Morgan fingerprint density at radius 1 is 1.17 bits per heavy atom. The van der Waals surface area contributed by atoms with E-state index in [0.717, 1.165) is 41.3 Å². The number of ether oxygens (including phenoxy) is 2. The second-order valence-corrected chi connectivity index (χ2v) is 10.4. The fraction of sp³-hybridized carbons (Fsp3) is 0.607. The van der Waals surface area contributed by atoms with Crippen molar-refractivity contribution in [1.82, 2.24) is 9.88 Å². The number of hydrogen-bond donors (Lipinski definition) is 1. The highest BCUT2D eigenvalue weighted by Crippen LogP contribution is 2.39. The van der Waals surface area contributed by atoms with Gasteiger partial charge in [0.25, 0.3) is 0 Å². The molecule has 2 aromatic rings. The van der Waals surface area contributed by atoms with Gasteiger partial charge in [0.15, 0.2) is 0 Å². The fourth-order valence-electron chi connectivity index (χ4n) is 4.67. The van der Waals surface area contributed by atoms with E-state index in [9.17, 15) is 9.59 Å². The maximum atomic E-state index is 12.3. The minimum atomic E-state index is -0.863. The number of rotatable bonds is 11. The number of carbonyl (C=O) groups is 2. The number of oxazole rings is 1. The van der Waals surface area contributed by atoms with E-state index in [1.165, 1.54) is 24.2 Å². The van der Waals surface area contributed by atoms with Gasteiger partial charge in [0.1, 0.15) is 11.5 Å². The first kappa shape index (κ1) is 27.6. The number of aliphatic carboxylic acids is 1. The third-order valence-electron chi connectivity index (χ3n) is 6.82. The van der Waals surface area contributed by atoms with Crippen molar-refractivity contribution in [1.29, 1.82) is 0 Å². The Morgan fingerprint density at radius 3 is 2.56 bits per heavy atom. The molecule has 1 saturated carbocycles. The van der Waals surface area contributed by atoms with Crippen molar-refractivity contribution in [2.24, 2.45) is 0 Å². The number of carboxylic acids is 1. The molecule has 0 spiro atoms. The van der Waals surface area contributed by atoms with Gasteiger partial charge >= 0.3 is 12.1 Å². The summed E-state index contributed by atoms with van der Waals surface area (Å²) in [7, 11) is 1.66. The summed E-state index contributed by atoms with van der Waals surface area (Å²) < 4.78 is 17.4. The van der Waals surface area contributed by atoms with Crippen LogP contribution in [0.4, 0.5) is 4.79 Å². The average Bonchev–Trinajstić information content (AvgIpc) is 3.20. The molecule has 0 unspecified atom stereocenters. The van der Waals surface area contributed by atoms with Gasteiger partial charge in [0.05, 0.1) is 18.4 Å². The van der Waals surface area contributed by atoms with Crippen molar-refractivity contribution < 1.29 is 28.6 Å². The number of aryl methyl sites for hydroxylation is 2. The Hall–Kier alpha value is -3.03. The molecule has 0 radical (unpaired) electrons. The van der Waals surface area contributed by atoms with Crippen LogP contribution >= 0.6 is 0 Å². The lowest BCUT2D eigenvalue weighted by Gasteiger charge is -2.30. The monoisotopic (exact) mass is 500 g/mol. The molecule has 0 atom stereocenters. The molecule has 1 amide bonds. The average molecular weight is 501 g/mol. The Morgan fingerprint density at radius 2 is 1.89 bits per heavy atom. The van der Waals surface area contributed by atoms with Crippen LogP contribution in [0.5, 0.6) is 5.75 Å². The van der Waals surface area contributed by atoms with E-state index in [1.807, 2.05) is 25.1 Å². The molecule has 8 nitrogen and oxygen atoms in total. The van der Waals surface area contributed by atoms with E-state index in [4.69, 9.17) is 24.0 Å². The highest BCUT2D eigenvalue weighted by atomic mass is 16.6. The molecular weight excluding hydrogens is 460 g/mol. The standard InChI is InChI=1S/C28H40N2O6/c1-19(2)35-27(33)30(5)18-22-17-23(11-9-21(22)10-12-25(31)32)34-16-13-24-20(3)36-26(29-24)28(4)14-7-6-8-15-28/h9,11,17,19H,6-8,10,12-16,18H2,1-5H3,(H,31,32). The van der Waals surface area contributed by atoms with Gasteiger partial charge in [0.2, 0.25) is 5.89 Å². The third kappa shape index (κ3) is 7.48. The van der Waals surface area contributed by atoms with Crippen molar-refractivity contribution in [2.75, 3.05) is 13.7 Å². The molecule has 1 heterocycles. The Balaban J connectivity index is 1.66. The minimum Gasteiger partial charge on any atom is -0.493 e. The molecule has 1 N–H and O–H groups in total. The molecule has 3 rings (SSSR count). The summed E-state index contributed by atoms with van der Waals surface area (Å²) in [5.74, 6) is 1.49. The highest BCUT2D eigenvalue weighted by Gasteiger charge is 2.34. The van der Waals surface area contributed by atoms with Crippen LogP contribution in [0.25, 0.3) is 0 Å². The zero-order valence-electron chi connectivity index (χ0n) is 22.3. The van der Waals surface area contributed by atoms with Crippen LogP contribution in [-0.4, -0.2) is 46.8 Å². The first-order chi connectivity index (χ1) is 17.1. The molecule has 1 fully saturated rings. The van der Waals surface area contributed by atoms with Crippen LogP contribution in [0.15, 0.2) is 22.6 Å². The summed E-state index contributed by atoms with van der Waals surface area (Å²) in [6.07, 6.45) is 6.29. The van der Waals surface area contributed by atoms with Crippen molar-refractivity contribution >= 4 is 12.1 Å². The zero-order valence-corrected chi connectivity index (χ0v) is 22.3. The van der Waals surface area contributed by atoms with E-state index >= 15 is 0 Å². The summed E-state index contributed by atoms with van der Waals surface area (Å²) in [6.45, 7) is 8.53. The first-order valence-corrected chi connectivity index (χ1v) is 12.9. The second kappa shape index (κ2) is 12.3. The normalized spacial score (nSPS) is 15.1. The van der Waals surface area contributed by atoms with Crippen LogP contribution in [0, 0.1) is 6.92 Å². The van der Waals surface area contributed by atoms with Crippen molar-refractivity contribution in [3.63, 3.8) is 0 Å². The van der Waals surface area contributed by atoms with Crippen LogP contribution in [-0.2, 0) is 34.3 Å². The van der Waals surface area contributed by atoms with E-state index in [0.29, 0.717) is 31.7 Å². The predicted molar refractivity (Wildman–Crippen MR) is 136 cm³/mol. The fourth-order valence-corrected chi connectivity index (χ4v) is 4.67. The molecule has 0 aliphatic heterocycles. The van der Waals surface area contributed by atoms with Gasteiger partial charge in [-0.05, 0) is 63.3 Å². The molecule has 0 bridgehead atoms. The molecule has 1 aromatic carbocycles. The Labute approximate surface area is 214 Å². The first-order valence-electron chi connectivity index (χ1n) is 12.9. The SMILES string of the molecule is Cc1oc(C2(C)CCCCC2)nc1CCOc1ccc(CCC(=O)O)c(CN(C)C(=O)OC(C)C)c1. The highest BCUT2D eigenvalue weighted by molar-refractivity contribution is 5.68. The van der Waals surface area contributed by atoms with Gasteiger partial charge in [0, 0.05) is 31.8 Å². The quantitative estimate of drug-likeness (QED) is 0.415. The summed E-state index contributed by atoms with van der Waals surface area (Å²) in [4.78, 5) is 29.7. The molecule has 1 aliphatic carbocycles. The number of carboxylic acid groups (broad SMARTS) is 1. The number of hydrogen-bond acceptors (Lipinski definition) is 6. The van der Waals surface area contributed by atoms with Crippen molar-refractivity contribution in [3.8, 4) is 5.75 Å². The predicted octanol–water partition coefficient (Wildman–Crippen LogP) is 5.82. The van der Waals surface area contributed by atoms with E-state index < -0.39 is 12.1 Å². The minimum absolute atomic E-state index is 0.0139.